The number of para-hydroxylation sites is 1. The largest absolute Gasteiger partial charge is 0.494 e. The number of carboxylic acid groups (broad SMARTS) is 1. The summed E-state index contributed by atoms with van der Waals surface area (Å²) in [7, 11) is 0. The minimum absolute atomic E-state index is 0.0108. The number of benzene rings is 1. The van der Waals surface area contributed by atoms with E-state index in [4.69, 9.17) is 9.84 Å². The summed E-state index contributed by atoms with van der Waals surface area (Å²) >= 11 is 0. The van der Waals surface area contributed by atoms with E-state index in [1.165, 1.54) is 0 Å². The van der Waals surface area contributed by atoms with Gasteiger partial charge in [0.05, 0.1) is 12.0 Å². The van der Waals surface area contributed by atoms with Crippen LogP contribution in [-0.2, 0) is 9.59 Å². The van der Waals surface area contributed by atoms with Gasteiger partial charge in [0.2, 0.25) is 5.91 Å². The molecular weight excluding hydrogens is 270 g/mol. The third-order valence-electron chi connectivity index (χ3n) is 3.89. The lowest BCUT2D eigenvalue weighted by atomic mass is 9.90. The first kappa shape index (κ1) is 15.4. The molecule has 114 valence electrons. The van der Waals surface area contributed by atoms with Crippen LogP contribution >= 0.6 is 0 Å². The Morgan fingerprint density at radius 3 is 2.67 bits per heavy atom. The van der Waals surface area contributed by atoms with Gasteiger partial charge in [0, 0.05) is 19.5 Å². The maximum atomic E-state index is 12.0. The first-order valence-electron chi connectivity index (χ1n) is 7.20. The summed E-state index contributed by atoms with van der Waals surface area (Å²) in [4.78, 5) is 24.8. The van der Waals surface area contributed by atoms with Gasteiger partial charge >= 0.3 is 5.97 Å². The highest BCUT2D eigenvalue weighted by Crippen LogP contribution is 2.30. The molecular formula is C16H21NO4. The summed E-state index contributed by atoms with van der Waals surface area (Å²) in [5, 5.41) is 9.15. The van der Waals surface area contributed by atoms with E-state index in [2.05, 4.69) is 0 Å². The van der Waals surface area contributed by atoms with Crippen molar-refractivity contribution < 1.29 is 19.4 Å². The van der Waals surface area contributed by atoms with Gasteiger partial charge in [-0.3, -0.25) is 9.59 Å². The lowest BCUT2D eigenvalue weighted by Gasteiger charge is -2.20. The topological polar surface area (TPSA) is 66.8 Å². The highest BCUT2D eigenvalue weighted by molar-refractivity contribution is 5.80. The Morgan fingerprint density at radius 1 is 1.33 bits per heavy atom. The van der Waals surface area contributed by atoms with Crippen LogP contribution in [0.3, 0.4) is 0 Å². The van der Waals surface area contributed by atoms with E-state index >= 15 is 0 Å². The van der Waals surface area contributed by atoms with Crippen molar-refractivity contribution in [2.75, 3.05) is 19.7 Å². The number of likely N-dealkylation sites (tertiary alicyclic amines) is 1. The lowest BCUT2D eigenvalue weighted by molar-refractivity contribution is -0.147. The molecule has 1 atom stereocenters. The van der Waals surface area contributed by atoms with Crippen molar-refractivity contribution in [1.82, 2.24) is 4.90 Å². The van der Waals surface area contributed by atoms with Crippen LogP contribution in [0.2, 0.25) is 0 Å². The summed E-state index contributed by atoms with van der Waals surface area (Å²) in [5.41, 5.74) is -0.795. The van der Waals surface area contributed by atoms with Crippen molar-refractivity contribution in [3.05, 3.63) is 30.3 Å². The van der Waals surface area contributed by atoms with Gasteiger partial charge in [-0.05, 0) is 31.9 Å². The third-order valence-corrected chi connectivity index (χ3v) is 3.89. The van der Waals surface area contributed by atoms with Gasteiger partial charge in [-0.25, -0.2) is 0 Å². The molecule has 2 rings (SSSR count). The summed E-state index contributed by atoms with van der Waals surface area (Å²) in [5.74, 6) is -0.0218. The number of carboxylic acids is 1. The highest BCUT2D eigenvalue weighted by Gasteiger charge is 2.41. The van der Waals surface area contributed by atoms with E-state index in [9.17, 15) is 9.59 Å². The van der Waals surface area contributed by atoms with Crippen molar-refractivity contribution in [3.63, 3.8) is 0 Å². The first-order valence-corrected chi connectivity index (χ1v) is 7.20. The normalized spacial score (nSPS) is 21.3. The third kappa shape index (κ3) is 3.97. The summed E-state index contributed by atoms with van der Waals surface area (Å²) < 4.78 is 5.53. The van der Waals surface area contributed by atoms with Crippen LogP contribution in [-0.4, -0.2) is 41.6 Å². The number of carbonyl (C=O) groups is 2. The van der Waals surface area contributed by atoms with Gasteiger partial charge in [-0.2, -0.15) is 0 Å². The van der Waals surface area contributed by atoms with Crippen molar-refractivity contribution in [2.45, 2.75) is 26.2 Å². The second-order valence-corrected chi connectivity index (χ2v) is 5.70. The van der Waals surface area contributed by atoms with Crippen LogP contribution < -0.4 is 4.74 Å². The van der Waals surface area contributed by atoms with Crippen molar-refractivity contribution in [1.29, 1.82) is 0 Å². The minimum atomic E-state index is -0.829. The molecule has 1 unspecified atom stereocenters. The summed E-state index contributed by atoms with van der Waals surface area (Å²) in [6.45, 7) is 3.02. The van der Waals surface area contributed by atoms with Crippen LogP contribution in [0.4, 0.5) is 0 Å². The fourth-order valence-corrected chi connectivity index (χ4v) is 2.44. The quantitative estimate of drug-likeness (QED) is 0.816. The highest BCUT2D eigenvalue weighted by atomic mass is 16.5. The molecule has 1 saturated heterocycles. The maximum Gasteiger partial charge on any atom is 0.311 e. The average molecular weight is 291 g/mol. The number of hydrogen-bond donors (Lipinski definition) is 1. The molecule has 5 nitrogen and oxygen atoms in total. The van der Waals surface area contributed by atoms with Crippen LogP contribution in [0.15, 0.2) is 30.3 Å². The molecule has 5 heteroatoms. The van der Waals surface area contributed by atoms with Crippen LogP contribution in [0, 0.1) is 5.41 Å². The summed E-state index contributed by atoms with van der Waals surface area (Å²) in [6.07, 6.45) is 1.55. The van der Waals surface area contributed by atoms with E-state index in [1.54, 1.807) is 11.8 Å². The molecule has 1 amide bonds. The fourth-order valence-electron chi connectivity index (χ4n) is 2.44. The molecule has 1 aliphatic heterocycles. The maximum absolute atomic E-state index is 12.0. The van der Waals surface area contributed by atoms with Crippen LogP contribution in [0.1, 0.15) is 26.2 Å². The second-order valence-electron chi connectivity index (χ2n) is 5.70. The molecule has 21 heavy (non-hydrogen) atoms. The number of amides is 1. The Bertz CT molecular complexity index is 502. The Labute approximate surface area is 124 Å². The Kier molecular flexibility index (Phi) is 4.83. The summed E-state index contributed by atoms with van der Waals surface area (Å²) in [6, 6.07) is 9.47. The monoisotopic (exact) mass is 291 g/mol. The molecule has 0 aromatic heterocycles. The zero-order valence-electron chi connectivity index (χ0n) is 12.2. The van der Waals surface area contributed by atoms with Gasteiger partial charge < -0.3 is 14.7 Å². The van der Waals surface area contributed by atoms with Gasteiger partial charge in [0.1, 0.15) is 5.75 Å². The van der Waals surface area contributed by atoms with Gasteiger partial charge in [0.15, 0.2) is 0 Å². The Balaban J connectivity index is 1.70. The van der Waals surface area contributed by atoms with E-state index in [0.717, 1.165) is 5.75 Å². The molecule has 0 aliphatic carbocycles. The zero-order chi connectivity index (χ0) is 15.3. The smallest absolute Gasteiger partial charge is 0.311 e. The second kappa shape index (κ2) is 6.61. The van der Waals surface area contributed by atoms with E-state index in [-0.39, 0.29) is 5.91 Å². The van der Waals surface area contributed by atoms with Gasteiger partial charge in [-0.1, -0.05) is 18.2 Å². The molecule has 1 N–H and O–H groups in total. The average Bonchev–Trinajstić information content (AvgIpc) is 2.89. The molecule has 0 spiro atoms. The number of aliphatic carboxylic acids is 1. The van der Waals surface area contributed by atoms with Crippen molar-refractivity contribution in [3.8, 4) is 5.75 Å². The van der Waals surface area contributed by atoms with Crippen molar-refractivity contribution >= 4 is 11.9 Å². The molecule has 1 aliphatic rings. The lowest BCUT2D eigenvalue weighted by Crippen LogP contribution is -2.34. The number of nitrogens with zero attached hydrogens (tertiary/aromatic N) is 1. The molecule has 1 fully saturated rings. The van der Waals surface area contributed by atoms with E-state index in [0.29, 0.717) is 39.0 Å². The Morgan fingerprint density at radius 2 is 2.05 bits per heavy atom. The van der Waals surface area contributed by atoms with Crippen LogP contribution in [0.25, 0.3) is 0 Å². The van der Waals surface area contributed by atoms with E-state index < -0.39 is 11.4 Å². The predicted molar refractivity (Wildman–Crippen MR) is 78.1 cm³/mol. The molecule has 1 aromatic carbocycles. The molecule has 0 saturated carbocycles. The van der Waals surface area contributed by atoms with Gasteiger partial charge in [0.25, 0.3) is 0 Å². The zero-order valence-corrected chi connectivity index (χ0v) is 12.2. The standard InChI is InChI=1S/C16H21NO4/c1-16(15(19)20)9-10-17(12-16)14(18)8-5-11-21-13-6-3-2-4-7-13/h2-4,6-7H,5,8-12H2,1H3,(H,19,20). The molecule has 0 bridgehead atoms. The molecule has 0 radical (unpaired) electrons. The SMILES string of the molecule is CC1(C(=O)O)CCN(C(=O)CCCOc2ccccc2)C1. The number of hydrogen-bond acceptors (Lipinski definition) is 3. The number of ether oxygens (including phenoxy) is 1. The van der Waals surface area contributed by atoms with Crippen molar-refractivity contribution in [2.24, 2.45) is 5.41 Å². The van der Waals surface area contributed by atoms with Gasteiger partial charge in [-0.15, -0.1) is 0 Å². The number of carbonyl (C=O) groups excluding carboxylic acids is 1. The predicted octanol–water partition coefficient (Wildman–Crippen LogP) is 2.17. The van der Waals surface area contributed by atoms with E-state index in [1.807, 2.05) is 30.3 Å². The Hall–Kier alpha value is -2.04. The fraction of sp³-hybridized carbons (Fsp3) is 0.500. The number of rotatable bonds is 6. The van der Waals surface area contributed by atoms with Crippen LogP contribution in [0.5, 0.6) is 5.75 Å². The first-order chi connectivity index (χ1) is 10.0. The minimum Gasteiger partial charge on any atom is -0.494 e. The molecule has 1 aromatic rings. The molecule has 1 heterocycles.